The molecule has 24 heavy (non-hydrogen) atoms. The molecule has 0 aromatic heterocycles. The first-order chi connectivity index (χ1) is 11.0. The first-order valence-electron chi connectivity index (χ1n) is 8.27. The summed E-state index contributed by atoms with van der Waals surface area (Å²) in [4.78, 5) is 24.6. The van der Waals surface area contributed by atoms with E-state index in [1.54, 1.807) is 20.8 Å². The summed E-state index contributed by atoms with van der Waals surface area (Å²) < 4.78 is 31.4. The van der Waals surface area contributed by atoms with Crippen LogP contribution in [0.1, 0.15) is 52.9 Å². The van der Waals surface area contributed by atoms with Crippen LogP contribution in [0.4, 0.5) is 4.79 Å². The molecule has 0 aromatic rings. The Labute approximate surface area is 143 Å². The number of carbonyl (C=O) groups excluding carboxylic acids is 2. The number of nitrogens with one attached hydrogen (secondary N) is 2. The number of hydrogen-bond donors (Lipinski definition) is 2. The number of sulfonamides is 1. The molecule has 0 bridgehead atoms. The summed E-state index contributed by atoms with van der Waals surface area (Å²) in [6.07, 6.45) is 6.55. The molecule has 2 atom stereocenters. The van der Waals surface area contributed by atoms with Crippen LogP contribution in [0.5, 0.6) is 0 Å². The van der Waals surface area contributed by atoms with Gasteiger partial charge in [0.15, 0.2) is 0 Å². The van der Waals surface area contributed by atoms with Gasteiger partial charge in [-0.05, 0) is 46.5 Å². The summed E-state index contributed by atoms with van der Waals surface area (Å²) in [5, 5.41) is 2.58. The Morgan fingerprint density at radius 1 is 1.33 bits per heavy atom. The Morgan fingerprint density at radius 2 is 2.04 bits per heavy atom. The minimum Gasteiger partial charge on any atom is -0.444 e. The number of alkyl carbamates (subject to hydrolysis) is 1. The monoisotopic (exact) mass is 358 g/mol. The van der Waals surface area contributed by atoms with Crippen molar-refractivity contribution in [3.05, 3.63) is 12.2 Å². The Kier molecular flexibility index (Phi) is 5.27. The molecule has 2 amide bonds. The maximum Gasteiger partial charge on any atom is 0.408 e. The molecule has 0 saturated heterocycles. The third-order valence-corrected chi connectivity index (χ3v) is 5.37. The van der Waals surface area contributed by atoms with Crippen molar-refractivity contribution in [2.75, 3.05) is 5.75 Å². The van der Waals surface area contributed by atoms with E-state index >= 15 is 0 Å². The molecule has 1 heterocycles. The molecule has 8 heteroatoms. The van der Waals surface area contributed by atoms with Crippen LogP contribution >= 0.6 is 0 Å². The minimum atomic E-state index is -3.69. The minimum absolute atomic E-state index is 0.0877. The van der Waals surface area contributed by atoms with Crippen molar-refractivity contribution in [2.45, 2.75) is 64.0 Å². The predicted octanol–water partition coefficient (Wildman–Crippen LogP) is 1.85. The van der Waals surface area contributed by atoms with Gasteiger partial charge >= 0.3 is 6.09 Å². The van der Waals surface area contributed by atoms with Crippen molar-refractivity contribution < 1.29 is 22.7 Å². The molecule has 0 aromatic carbocycles. The van der Waals surface area contributed by atoms with Gasteiger partial charge in [0.05, 0.1) is 5.75 Å². The smallest absolute Gasteiger partial charge is 0.408 e. The summed E-state index contributed by atoms with van der Waals surface area (Å²) in [6, 6.07) is 0. The van der Waals surface area contributed by atoms with Gasteiger partial charge in [0.1, 0.15) is 11.1 Å². The Balaban J connectivity index is 2.18. The van der Waals surface area contributed by atoms with E-state index < -0.39 is 33.2 Å². The Morgan fingerprint density at radius 3 is 2.71 bits per heavy atom. The highest BCUT2D eigenvalue weighted by atomic mass is 32.2. The van der Waals surface area contributed by atoms with Crippen LogP contribution in [-0.4, -0.2) is 37.3 Å². The summed E-state index contributed by atoms with van der Waals surface area (Å²) >= 11 is 0. The van der Waals surface area contributed by atoms with Crippen molar-refractivity contribution >= 4 is 22.0 Å². The Bertz CT molecular complexity index is 635. The van der Waals surface area contributed by atoms with Gasteiger partial charge in [0.2, 0.25) is 10.0 Å². The SMILES string of the molecule is CC(C)(C)OC(=O)N[C@]12CC1/C=C\CCCCCS(=O)(=O)NC2=O. The van der Waals surface area contributed by atoms with Gasteiger partial charge < -0.3 is 10.1 Å². The summed E-state index contributed by atoms with van der Waals surface area (Å²) in [7, 11) is -3.69. The van der Waals surface area contributed by atoms with Crippen molar-refractivity contribution in [3.63, 3.8) is 0 Å². The number of ether oxygens (including phenoxy) is 1. The van der Waals surface area contributed by atoms with Crippen LogP contribution in [0.25, 0.3) is 0 Å². The number of hydrogen-bond acceptors (Lipinski definition) is 5. The lowest BCUT2D eigenvalue weighted by atomic mass is 10.1. The number of carbonyl (C=O) groups is 2. The zero-order valence-electron chi connectivity index (χ0n) is 14.4. The van der Waals surface area contributed by atoms with Crippen LogP contribution < -0.4 is 10.0 Å². The van der Waals surface area contributed by atoms with E-state index in [0.717, 1.165) is 19.3 Å². The van der Waals surface area contributed by atoms with Crippen molar-refractivity contribution in [1.29, 1.82) is 0 Å². The molecule has 0 radical (unpaired) electrons. The normalized spacial score (nSPS) is 31.5. The second-order valence-electron chi connectivity index (χ2n) is 7.44. The Hall–Kier alpha value is -1.57. The van der Waals surface area contributed by atoms with Crippen molar-refractivity contribution in [3.8, 4) is 0 Å². The molecule has 1 aliphatic heterocycles. The lowest BCUT2D eigenvalue weighted by molar-refractivity contribution is -0.122. The average Bonchev–Trinajstić information content (AvgIpc) is 3.07. The zero-order chi connectivity index (χ0) is 18.0. The summed E-state index contributed by atoms with van der Waals surface area (Å²) in [6.45, 7) is 5.17. The highest BCUT2D eigenvalue weighted by Gasteiger charge is 2.61. The third kappa shape index (κ3) is 4.96. The molecule has 1 aliphatic carbocycles. The number of amides is 2. The highest BCUT2D eigenvalue weighted by molar-refractivity contribution is 7.90. The molecule has 7 nitrogen and oxygen atoms in total. The van der Waals surface area contributed by atoms with Crippen molar-refractivity contribution in [2.24, 2.45) is 5.92 Å². The lowest BCUT2D eigenvalue weighted by Gasteiger charge is -2.23. The van der Waals surface area contributed by atoms with Crippen LogP contribution in [0, 0.1) is 5.92 Å². The van der Waals surface area contributed by atoms with Crippen LogP contribution in [-0.2, 0) is 19.6 Å². The van der Waals surface area contributed by atoms with Crippen LogP contribution in [0.15, 0.2) is 12.2 Å². The van der Waals surface area contributed by atoms with Gasteiger partial charge in [-0.15, -0.1) is 0 Å². The first-order valence-corrected chi connectivity index (χ1v) is 9.92. The average molecular weight is 358 g/mol. The predicted molar refractivity (Wildman–Crippen MR) is 89.7 cm³/mol. The highest BCUT2D eigenvalue weighted by Crippen LogP contribution is 2.45. The standard InChI is InChI=1S/C16H26N2O5S/c1-15(2,3)23-14(20)17-16-11-12(16)9-7-5-4-6-8-10-24(21,22)18-13(16)19/h7,9,12H,4-6,8,10-11H2,1-3H3,(H,17,20)(H,18,19)/b9-7-/t12?,16-/m1/s1. The van der Waals surface area contributed by atoms with Gasteiger partial charge in [-0.2, -0.15) is 0 Å². The van der Waals surface area contributed by atoms with E-state index in [1.165, 1.54) is 0 Å². The molecule has 2 rings (SSSR count). The maximum absolute atomic E-state index is 12.5. The summed E-state index contributed by atoms with van der Waals surface area (Å²) in [5.41, 5.74) is -1.94. The first kappa shape index (κ1) is 18.8. The molecular formula is C16H26N2O5S. The number of allylic oxidation sites excluding steroid dienone is 1. The second kappa shape index (κ2) is 6.74. The van der Waals surface area contributed by atoms with Crippen molar-refractivity contribution in [1.82, 2.24) is 10.0 Å². The molecule has 2 N–H and O–H groups in total. The third-order valence-electron chi connectivity index (χ3n) is 4.04. The van der Waals surface area contributed by atoms with E-state index in [0.29, 0.717) is 12.8 Å². The van der Waals surface area contributed by atoms with E-state index in [-0.39, 0.29) is 11.7 Å². The molecule has 1 fully saturated rings. The molecule has 2 aliphatic rings. The van der Waals surface area contributed by atoms with E-state index in [4.69, 9.17) is 4.74 Å². The fourth-order valence-electron chi connectivity index (χ4n) is 2.74. The molecule has 0 spiro atoms. The zero-order valence-corrected chi connectivity index (χ0v) is 15.2. The topological polar surface area (TPSA) is 102 Å². The van der Waals surface area contributed by atoms with Gasteiger partial charge in [-0.1, -0.05) is 18.6 Å². The lowest BCUT2D eigenvalue weighted by Crippen LogP contribution is -2.53. The number of fused-ring (bicyclic) bond motifs is 1. The van der Waals surface area contributed by atoms with E-state index in [1.807, 2.05) is 12.2 Å². The van der Waals surface area contributed by atoms with E-state index in [9.17, 15) is 18.0 Å². The molecule has 136 valence electrons. The van der Waals surface area contributed by atoms with Gasteiger partial charge in [-0.3, -0.25) is 9.52 Å². The van der Waals surface area contributed by atoms with Crippen LogP contribution in [0.2, 0.25) is 0 Å². The van der Waals surface area contributed by atoms with Gasteiger partial charge in [0, 0.05) is 5.92 Å². The molecule has 1 saturated carbocycles. The number of rotatable bonds is 1. The fourth-order valence-corrected chi connectivity index (χ4v) is 3.89. The quantitative estimate of drug-likeness (QED) is 0.697. The summed E-state index contributed by atoms with van der Waals surface area (Å²) in [5.74, 6) is -1.00. The fraction of sp³-hybridized carbons (Fsp3) is 0.750. The van der Waals surface area contributed by atoms with Gasteiger partial charge in [-0.25, -0.2) is 13.2 Å². The largest absolute Gasteiger partial charge is 0.444 e. The van der Waals surface area contributed by atoms with Crippen LogP contribution in [0.3, 0.4) is 0 Å². The second-order valence-corrected chi connectivity index (χ2v) is 9.28. The van der Waals surface area contributed by atoms with E-state index in [2.05, 4.69) is 10.0 Å². The van der Waals surface area contributed by atoms with Gasteiger partial charge in [0.25, 0.3) is 5.91 Å². The molecular weight excluding hydrogens is 332 g/mol. The molecule has 1 unspecified atom stereocenters. The maximum atomic E-state index is 12.5.